The van der Waals surface area contributed by atoms with Crippen molar-refractivity contribution in [2.24, 2.45) is 0 Å². The summed E-state index contributed by atoms with van der Waals surface area (Å²) in [6.07, 6.45) is 0. The van der Waals surface area contributed by atoms with Crippen LogP contribution in [0, 0.1) is 13.8 Å². The molecule has 0 spiro atoms. The van der Waals surface area contributed by atoms with Crippen LogP contribution in [0.3, 0.4) is 0 Å². The van der Waals surface area contributed by atoms with E-state index in [1.165, 1.54) is 23.6 Å². The van der Waals surface area contributed by atoms with Gasteiger partial charge in [0.1, 0.15) is 18.1 Å². The highest BCUT2D eigenvalue weighted by Crippen LogP contribution is 2.43. The smallest absolute Gasteiger partial charge is 0.308 e. The molecule has 0 saturated heterocycles. The molecule has 1 N–H and O–H groups in total. The van der Waals surface area contributed by atoms with E-state index in [0.29, 0.717) is 12.4 Å². The molecular formula is C26H34O4. The Bertz CT molecular complexity index is 990. The largest absolute Gasteiger partial charge is 0.488 e. The Morgan fingerprint density at radius 1 is 0.933 bits per heavy atom. The topological polar surface area (TPSA) is 55.8 Å². The quantitative estimate of drug-likeness (QED) is 0.363. The maximum atomic E-state index is 11.2. The van der Waals surface area contributed by atoms with Gasteiger partial charge in [-0.05, 0) is 59.5 Å². The second-order valence-electron chi connectivity index (χ2n) is 6.30. The summed E-state index contributed by atoms with van der Waals surface area (Å²) in [4.78, 5) is 11.2. The molecule has 0 saturated carbocycles. The first-order valence-electron chi connectivity index (χ1n) is 10.5. The molecule has 0 aromatic heterocycles. The van der Waals surface area contributed by atoms with Gasteiger partial charge in [-0.1, -0.05) is 57.5 Å². The summed E-state index contributed by atoms with van der Waals surface area (Å²) in [5, 5.41) is 9.15. The van der Waals surface area contributed by atoms with Crippen LogP contribution in [0.5, 0.6) is 11.5 Å². The molecule has 0 bridgehead atoms. The van der Waals surface area contributed by atoms with Crippen molar-refractivity contribution in [3.05, 3.63) is 59.2 Å². The van der Waals surface area contributed by atoms with Gasteiger partial charge in [-0.2, -0.15) is 0 Å². The van der Waals surface area contributed by atoms with Crippen LogP contribution in [0.1, 0.15) is 51.3 Å². The maximum Gasteiger partial charge on any atom is 0.308 e. The summed E-state index contributed by atoms with van der Waals surface area (Å²) >= 11 is 0. The van der Waals surface area contributed by atoms with Crippen molar-refractivity contribution >= 4 is 16.7 Å². The number of benzene rings is 3. The van der Waals surface area contributed by atoms with Gasteiger partial charge in [-0.15, -0.1) is 0 Å². The van der Waals surface area contributed by atoms with Gasteiger partial charge in [0, 0.05) is 19.6 Å². The van der Waals surface area contributed by atoms with Crippen LogP contribution < -0.4 is 9.47 Å². The van der Waals surface area contributed by atoms with E-state index in [-0.39, 0.29) is 5.97 Å². The van der Waals surface area contributed by atoms with Crippen molar-refractivity contribution < 1.29 is 19.4 Å². The highest BCUT2D eigenvalue weighted by Gasteiger charge is 2.21. The van der Waals surface area contributed by atoms with Gasteiger partial charge in [-0.3, -0.25) is 4.79 Å². The third-order valence-electron chi connectivity index (χ3n) is 4.50. The monoisotopic (exact) mass is 410 g/mol. The van der Waals surface area contributed by atoms with Crippen LogP contribution >= 0.6 is 0 Å². The first kappa shape index (κ1) is 25.2. The van der Waals surface area contributed by atoms with Crippen LogP contribution in [-0.4, -0.2) is 18.2 Å². The Morgan fingerprint density at radius 3 is 2.23 bits per heavy atom. The minimum atomic E-state index is -0.314. The van der Waals surface area contributed by atoms with E-state index >= 15 is 0 Å². The molecule has 0 unspecified atom stereocenters. The molecular weight excluding hydrogens is 376 g/mol. The molecule has 3 aromatic carbocycles. The lowest BCUT2D eigenvalue weighted by Gasteiger charge is -2.24. The van der Waals surface area contributed by atoms with Gasteiger partial charge in [0.2, 0.25) is 0 Å². The molecule has 4 nitrogen and oxygen atoms in total. The number of rotatable bonds is 1. The van der Waals surface area contributed by atoms with E-state index in [0.717, 1.165) is 34.8 Å². The first-order chi connectivity index (χ1) is 14.5. The first-order valence-corrected chi connectivity index (χ1v) is 10.5. The Balaban J connectivity index is 0.000000691. The number of aliphatic hydroxyl groups excluding tert-OH is 1. The second-order valence-corrected chi connectivity index (χ2v) is 6.30. The van der Waals surface area contributed by atoms with Crippen molar-refractivity contribution in [2.75, 3.05) is 7.11 Å². The number of aliphatic hydroxyl groups is 1. The van der Waals surface area contributed by atoms with Crippen LogP contribution in [-0.2, 0) is 11.4 Å². The zero-order valence-electron chi connectivity index (χ0n) is 19.4. The second kappa shape index (κ2) is 12.0. The van der Waals surface area contributed by atoms with Crippen molar-refractivity contribution in [3.63, 3.8) is 0 Å². The summed E-state index contributed by atoms with van der Waals surface area (Å²) in [7, 11) is 1.00. The molecule has 0 fully saturated rings. The van der Waals surface area contributed by atoms with E-state index in [9.17, 15) is 4.79 Å². The standard InChI is InChI=1S/C21H18O3.2C2H6.CH4O/c1-12-4-7-18-16(8-12)11-23-21-13(2)19-10-17(24-14(3)22)6-5-15(19)9-20(18)21;3*1-2/h4-10H,11H2,1-3H3;2*1-2H3;2H,1H3. The predicted molar refractivity (Wildman–Crippen MR) is 125 cm³/mol. The van der Waals surface area contributed by atoms with Crippen molar-refractivity contribution in [1.82, 2.24) is 0 Å². The normalized spacial score (nSPS) is 10.4. The molecule has 0 aliphatic carbocycles. The number of ether oxygens (including phenoxy) is 2. The molecule has 162 valence electrons. The van der Waals surface area contributed by atoms with Crippen molar-refractivity contribution in [3.8, 4) is 22.6 Å². The number of carbonyl (C=O) groups excluding carboxylic acids is 1. The minimum absolute atomic E-state index is 0.314. The van der Waals surface area contributed by atoms with Crippen molar-refractivity contribution in [1.29, 1.82) is 0 Å². The summed E-state index contributed by atoms with van der Waals surface area (Å²) in [5.41, 5.74) is 5.89. The van der Waals surface area contributed by atoms with Crippen LogP contribution in [0.25, 0.3) is 21.9 Å². The minimum Gasteiger partial charge on any atom is -0.488 e. The van der Waals surface area contributed by atoms with Crippen molar-refractivity contribution in [2.45, 2.75) is 55.1 Å². The van der Waals surface area contributed by atoms with Gasteiger partial charge in [0.05, 0.1) is 0 Å². The summed E-state index contributed by atoms with van der Waals surface area (Å²) < 4.78 is 11.3. The molecule has 4 heteroatoms. The zero-order chi connectivity index (χ0) is 22.8. The highest BCUT2D eigenvalue weighted by molar-refractivity contribution is 5.96. The number of esters is 1. The van der Waals surface area contributed by atoms with Gasteiger partial charge < -0.3 is 14.6 Å². The average Bonchev–Trinajstić information content (AvgIpc) is 2.78. The van der Waals surface area contributed by atoms with Gasteiger partial charge >= 0.3 is 5.97 Å². The molecule has 1 aliphatic rings. The fourth-order valence-electron chi connectivity index (χ4n) is 3.40. The Labute approximate surface area is 180 Å². The van der Waals surface area contributed by atoms with Gasteiger partial charge in [0.15, 0.2) is 0 Å². The van der Waals surface area contributed by atoms with Gasteiger partial charge in [0.25, 0.3) is 0 Å². The molecule has 0 amide bonds. The SMILES string of the molecule is CC.CC.CC(=O)Oc1ccc2cc3c(c(C)c2c1)OCc1cc(C)ccc1-3.CO. The van der Waals surface area contributed by atoms with E-state index in [4.69, 9.17) is 14.6 Å². The Hall–Kier alpha value is -2.85. The number of carbonyl (C=O) groups is 1. The van der Waals surface area contributed by atoms with E-state index in [1.54, 1.807) is 0 Å². The number of hydrogen-bond donors (Lipinski definition) is 1. The lowest BCUT2D eigenvalue weighted by Crippen LogP contribution is -2.07. The fraction of sp³-hybridized carbons (Fsp3) is 0.346. The Morgan fingerprint density at radius 2 is 1.60 bits per heavy atom. The summed E-state index contributed by atoms with van der Waals surface area (Å²) in [5.74, 6) is 1.16. The molecule has 1 aliphatic heterocycles. The third kappa shape index (κ3) is 5.39. The average molecular weight is 411 g/mol. The third-order valence-corrected chi connectivity index (χ3v) is 4.50. The Kier molecular flexibility index (Phi) is 10.1. The van der Waals surface area contributed by atoms with E-state index in [1.807, 2.05) is 45.9 Å². The molecule has 3 aromatic rings. The number of hydrogen-bond acceptors (Lipinski definition) is 4. The number of fused-ring (bicyclic) bond motifs is 4. The molecule has 30 heavy (non-hydrogen) atoms. The van der Waals surface area contributed by atoms with Crippen LogP contribution in [0.15, 0.2) is 42.5 Å². The molecule has 1 heterocycles. The van der Waals surface area contributed by atoms with E-state index < -0.39 is 0 Å². The zero-order valence-corrected chi connectivity index (χ0v) is 19.4. The van der Waals surface area contributed by atoms with Gasteiger partial charge in [-0.25, -0.2) is 0 Å². The molecule has 4 rings (SSSR count). The molecule has 0 atom stereocenters. The number of aryl methyl sites for hydroxylation is 2. The van der Waals surface area contributed by atoms with Crippen LogP contribution in [0.2, 0.25) is 0 Å². The van der Waals surface area contributed by atoms with E-state index in [2.05, 4.69) is 38.1 Å². The lowest BCUT2D eigenvalue weighted by molar-refractivity contribution is -0.131. The highest BCUT2D eigenvalue weighted by atomic mass is 16.5. The van der Waals surface area contributed by atoms with Crippen LogP contribution in [0.4, 0.5) is 0 Å². The maximum absolute atomic E-state index is 11.2. The lowest BCUT2D eigenvalue weighted by atomic mass is 9.91. The fourth-order valence-corrected chi connectivity index (χ4v) is 3.40. The predicted octanol–water partition coefficient (Wildman–Crippen LogP) is 6.60. The molecule has 0 radical (unpaired) electrons. The summed E-state index contributed by atoms with van der Waals surface area (Å²) in [6.45, 7) is 14.1. The summed E-state index contributed by atoms with van der Waals surface area (Å²) in [6, 6.07) is 14.4.